The largest absolute Gasteiger partial charge is 0.477 e. The molecule has 0 radical (unpaired) electrons. The fourth-order valence-corrected chi connectivity index (χ4v) is 1.45. The highest BCUT2D eigenvalue weighted by Gasteiger charge is 2.13. The molecule has 0 aliphatic rings. The first-order valence-corrected chi connectivity index (χ1v) is 4.93. The normalized spacial score (nSPS) is 10.6. The van der Waals surface area contributed by atoms with Crippen molar-refractivity contribution in [3.05, 3.63) is 27.9 Å². The third-order valence-electron chi connectivity index (χ3n) is 2.35. The maximum atomic E-state index is 11.2. The second-order valence-corrected chi connectivity index (χ2v) is 3.33. The Morgan fingerprint density at radius 3 is 2.60 bits per heavy atom. The Hall–Kier alpha value is -1.65. The molecule has 5 nitrogen and oxygen atoms in total. The number of carboxylic acids is 1. The molecule has 0 bridgehead atoms. The van der Waals surface area contributed by atoms with Crippen molar-refractivity contribution in [3.8, 4) is 0 Å². The molecule has 0 atom stereocenters. The molecular formula is C10H14N2O3. The van der Waals surface area contributed by atoms with E-state index in [9.17, 15) is 9.59 Å². The SMILES string of the molecule is CCC(CC)c1nc(C(=O)O)cc(=O)[nH]1. The van der Waals surface area contributed by atoms with Crippen LogP contribution < -0.4 is 5.56 Å². The van der Waals surface area contributed by atoms with Gasteiger partial charge < -0.3 is 10.1 Å². The van der Waals surface area contributed by atoms with Crippen LogP contribution in [0.15, 0.2) is 10.9 Å². The van der Waals surface area contributed by atoms with Gasteiger partial charge >= 0.3 is 5.97 Å². The Kier molecular flexibility index (Phi) is 3.60. The van der Waals surface area contributed by atoms with Crippen LogP contribution in [-0.4, -0.2) is 21.0 Å². The van der Waals surface area contributed by atoms with Gasteiger partial charge in [0, 0.05) is 12.0 Å². The number of aromatic amines is 1. The van der Waals surface area contributed by atoms with Crippen molar-refractivity contribution in [2.24, 2.45) is 0 Å². The van der Waals surface area contributed by atoms with E-state index in [0.717, 1.165) is 18.9 Å². The van der Waals surface area contributed by atoms with Crippen molar-refractivity contribution in [1.82, 2.24) is 9.97 Å². The monoisotopic (exact) mass is 210 g/mol. The number of hydrogen-bond donors (Lipinski definition) is 2. The van der Waals surface area contributed by atoms with Gasteiger partial charge in [-0.25, -0.2) is 9.78 Å². The summed E-state index contributed by atoms with van der Waals surface area (Å²) < 4.78 is 0. The maximum Gasteiger partial charge on any atom is 0.354 e. The molecule has 1 aromatic rings. The smallest absolute Gasteiger partial charge is 0.354 e. The Labute approximate surface area is 87.2 Å². The van der Waals surface area contributed by atoms with E-state index in [1.807, 2.05) is 13.8 Å². The van der Waals surface area contributed by atoms with E-state index in [1.165, 1.54) is 0 Å². The Bertz CT molecular complexity index is 407. The van der Waals surface area contributed by atoms with E-state index in [-0.39, 0.29) is 11.6 Å². The third kappa shape index (κ3) is 2.65. The average Bonchev–Trinajstić information content (AvgIpc) is 2.18. The summed E-state index contributed by atoms with van der Waals surface area (Å²) in [6, 6.07) is 0.994. The van der Waals surface area contributed by atoms with Gasteiger partial charge in [-0.15, -0.1) is 0 Å². The highest BCUT2D eigenvalue weighted by Crippen LogP contribution is 2.17. The highest BCUT2D eigenvalue weighted by atomic mass is 16.4. The minimum Gasteiger partial charge on any atom is -0.477 e. The van der Waals surface area contributed by atoms with Crippen molar-refractivity contribution in [2.75, 3.05) is 0 Å². The number of hydrogen-bond acceptors (Lipinski definition) is 3. The number of aromatic nitrogens is 2. The molecule has 15 heavy (non-hydrogen) atoms. The average molecular weight is 210 g/mol. The fourth-order valence-electron chi connectivity index (χ4n) is 1.45. The number of rotatable bonds is 4. The molecule has 82 valence electrons. The number of nitrogens with one attached hydrogen (secondary N) is 1. The molecule has 1 heterocycles. The Morgan fingerprint density at radius 2 is 2.13 bits per heavy atom. The number of carbonyl (C=O) groups is 1. The van der Waals surface area contributed by atoms with Crippen molar-refractivity contribution >= 4 is 5.97 Å². The van der Waals surface area contributed by atoms with Crippen LogP contribution in [0.3, 0.4) is 0 Å². The summed E-state index contributed by atoms with van der Waals surface area (Å²) in [5.74, 6) is -0.602. The molecule has 0 aromatic carbocycles. The lowest BCUT2D eigenvalue weighted by Gasteiger charge is -2.10. The summed E-state index contributed by atoms with van der Waals surface area (Å²) >= 11 is 0. The molecule has 1 aromatic heterocycles. The second-order valence-electron chi connectivity index (χ2n) is 3.33. The van der Waals surface area contributed by atoms with Gasteiger partial charge in [-0.3, -0.25) is 4.79 Å². The molecule has 0 fully saturated rings. The molecule has 0 saturated heterocycles. The Balaban J connectivity index is 3.19. The molecule has 1 rings (SSSR count). The van der Waals surface area contributed by atoms with Gasteiger partial charge in [0.25, 0.3) is 5.56 Å². The first-order valence-electron chi connectivity index (χ1n) is 4.93. The zero-order valence-corrected chi connectivity index (χ0v) is 8.78. The number of aromatic carboxylic acids is 1. The van der Waals surface area contributed by atoms with Crippen molar-refractivity contribution in [1.29, 1.82) is 0 Å². The van der Waals surface area contributed by atoms with Crippen LogP contribution in [0, 0.1) is 0 Å². The molecule has 0 aliphatic carbocycles. The lowest BCUT2D eigenvalue weighted by atomic mass is 10.0. The summed E-state index contributed by atoms with van der Waals surface area (Å²) in [5.41, 5.74) is -0.607. The molecule has 0 unspecified atom stereocenters. The molecule has 5 heteroatoms. The van der Waals surface area contributed by atoms with Crippen LogP contribution in [0.5, 0.6) is 0 Å². The Morgan fingerprint density at radius 1 is 1.53 bits per heavy atom. The predicted octanol–water partition coefficient (Wildman–Crippen LogP) is 1.37. The van der Waals surface area contributed by atoms with Crippen LogP contribution in [0.25, 0.3) is 0 Å². The van der Waals surface area contributed by atoms with E-state index in [2.05, 4.69) is 9.97 Å². The maximum absolute atomic E-state index is 11.2. The summed E-state index contributed by atoms with van der Waals surface area (Å²) in [5, 5.41) is 8.75. The van der Waals surface area contributed by atoms with Crippen molar-refractivity contribution in [2.45, 2.75) is 32.6 Å². The molecule has 0 amide bonds. The van der Waals surface area contributed by atoms with Crippen LogP contribution in [0.2, 0.25) is 0 Å². The standard InChI is InChI=1S/C10H14N2O3/c1-3-6(4-2)9-11-7(10(14)15)5-8(13)12-9/h5-6H,3-4H2,1-2H3,(H,14,15)(H,11,12,13). The minimum atomic E-state index is -1.17. The van der Waals surface area contributed by atoms with Gasteiger partial charge in [0.05, 0.1) is 0 Å². The van der Waals surface area contributed by atoms with Gasteiger partial charge in [-0.05, 0) is 12.8 Å². The summed E-state index contributed by atoms with van der Waals surface area (Å²) in [6.07, 6.45) is 1.64. The van der Waals surface area contributed by atoms with Crippen molar-refractivity contribution < 1.29 is 9.90 Å². The van der Waals surface area contributed by atoms with E-state index in [0.29, 0.717) is 5.82 Å². The predicted molar refractivity (Wildman–Crippen MR) is 55.1 cm³/mol. The summed E-state index contributed by atoms with van der Waals surface area (Å²) in [6.45, 7) is 3.95. The molecule has 2 N–H and O–H groups in total. The van der Waals surface area contributed by atoms with Gasteiger partial charge in [-0.2, -0.15) is 0 Å². The lowest BCUT2D eigenvalue weighted by molar-refractivity contribution is 0.0689. The van der Waals surface area contributed by atoms with Gasteiger partial charge in [-0.1, -0.05) is 13.8 Å². The van der Waals surface area contributed by atoms with E-state index < -0.39 is 11.5 Å². The zero-order valence-electron chi connectivity index (χ0n) is 8.78. The topological polar surface area (TPSA) is 83.0 Å². The van der Waals surface area contributed by atoms with E-state index >= 15 is 0 Å². The third-order valence-corrected chi connectivity index (χ3v) is 2.35. The van der Waals surface area contributed by atoms with E-state index in [1.54, 1.807) is 0 Å². The van der Waals surface area contributed by atoms with Gasteiger partial charge in [0.2, 0.25) is 0 Å². The molecule has 0 spiro atoms. The number of nitrogens with zero attached hydrogens (tertiary/aromatic N) is 1. The fraction of sp³-hybridized carbons (Fsp3) is 0.500. The van der Waals surface area contributed by atoms with Gasteiger partial charge in [0.15, 0.2) is 5.69 Å². The molecule has 0 saturated carbocycles. The van der Waals surface area contributed by atoms with Crippen LogP contribution >= 0.6 is 0 Å². The van der Waals surface area contributed by atoms with Crippen LogP contribution in [0.4, 0.5) is 0 Å². The number of H-pyrrole nitrogens is 1. The first-order chi connectivity index (χ1) is 7.08. The van der Waals surface area contributed by atoms with E-state index in [4.69, 9.17) is 5.11 Å². The van der Waals surface area contributed by atoms with Crippen LogP contribution in [-0.2, 0) is 0 Å². The summed E-state index contributed by atoms with van der Waals surface area (Å²) in [7, 11) is 0. The summed E-state index contributed by atoms with van der Waals surface area (Å²) in [4.78, 5) is 28.4. The second kappa shape index (κ2) is 4.72. The van der Waals surface area contributed by atoms with Gasteiger partial charge in [0.1, 0.15) is 5.82 Å². The lowest BCUT2D eigenvalue weighted by Crippen LogP contribution is -2.17. The number of carboxylic acid groups (broad SMARTS) is 1. The molecule has 0 aliphatic heterocycles. The molecular weight excluding hydrogens is 196 g/mol. The zero-order chi connectivity index (χ0) is 11.4. The highest BCUT2D eigenvalue weighted by molar-refractivity contribution is 5.85. The van der Waals surface area contributed by atoms with Crippen LogP contribution in [0.1, 0.15) is 48.9 Å². The quantitative estimate of drug-likeness (QED) is 0.786. The first kappa shape index (κ1) is 11.4. The minimum absolute atomic E-state index is 0.108. The van der Waals surface area contributed by atoms with Crippen molar-refractivity contribution in [3.63, 3.8) is 0 Å².